The van der Waals surface area contributed by atoms with Crippen molar-refractivity contribution >= 4 is 0 Å². The first-order valence-corrected chi connectivity index (χ1v) is 11.2. The second-order valence-electron chi connectivity index (χ2n) is 9.02. The van der Waals surface area contributed by atoms with Crippen LogP contribution in [0.1, 0.15) is 24.2 Å². The molecule has 1 spiro atoms. The van der Waals surface area contributed by atoms with Crippen LogP contribution in [0.4, 0.5) is 0 Å². The van der Waals surface area contributed by atoms with E-state index in [4.69, 9.17) is 9.47 Å². The van der Waals surface area contributed by atoms with Gasteiger partial charge in [0.1, 0.15) is 17.3 Å². The maximum atomic E-state index is 5.33. The summed E-state index contributed by atoms with van der Waals surface area (Å²) in [5.74, 6) is 3.80. The Hall–Kier alpha value is -2.90. The van der Waals surface area contributed by atoms with Gasteiger partial charge in [-0.3, -0.25) is 9.80 Å². The highest BCUT2D eigenvalue weighted by Crippen LogP contribution is 2.39. The molecule has 32 heavy (non-hydrogen) atoms. The van der Waals surface area contributed by atoms with Crippen molar-refractivity contribution in [3.05, 3.63) is 59.9 Å². The van der Waals surface area contributed by atoms with Gasteiger partial charge >= 0.3 is 0 Å². The highest BCUT2D eigenvalue weighted by Gasteiger charge is 2.43. The first-order valence-electron chi connectivity index (χ1n) is 11.2. The molecular formula is C25H31N5O2. The van der Waals surface area contributed by atoms with Gasteiger partial charge in [0.15, 0.2) is 5.82 Å². The van der Waals surface area contributed by atoms with Crippen LogP contribution in [0.5, 0.6) is 11.5 Å². The van der Waals surface area contributed by atoms with Crippen LogP contribution in [0, 0.1) is 0 Å². The lowest BCUT2D eigenvalue weighted by Crippen LogP contribution is -2.55. The normalized spacial score (nSPS) is 18.5. The van der Waals surface area contributed by atoms with Gasteiger partial charge in [0, 0.05) is 31.7 Å². The van der Waals surface area contributed by atoms with E-state index in [0.717, 1.165) is 74.3 Å². The molecule has 0 unspecified atom stereocenters. The van der Waals surface area contributed by atoms with Gasteiger partial charge in [-0.15, -0.1) is 10.2 Å². The summed E-state index contributed by atoms with van der Waals surface area (Å²) in [6, 6.07) is 16.6. The molecule has 0 radical (unpaired) electrons. The molecule has 1 fully saturated rings. The van der Waals surface area contributed by atoms with Crippen molar-refractivity contribution in [2.24, 2.45) is 0 Å². The molecule has 3 aromatic rings. The molecule has 5 rings (SSSR count). The summed E-state index contributed by atoms with van der Waals surface area (Å²) in [4.78, 5) is 4.94. The third kappa shape index (κ3) is 3.87. The molecule has 0 N–H and O–H groups in total. The molecule has 0 aliphatic carbocycles. The molecule has 1 aromatic heterocycles. The van der Waals surface area contributed by atoms with Crippen LogP contribution < -0.4 is 9.47 Å². The number of hydrogen-bond acceptors (Lipinski definition) is 6. The van der Waals surface area contributed by atoms with E-state index in [1.807, 2.05) is 24.3 Å². The van der Waals surface area contributed by atoms with E-state index < -0.39 is 0 Å². The van der Waals surface area contributed by atoms with E-state index in [-0.39, 0.29) is 5.54 Å². The number of methoxy groups -OCH3 is 2. The van der Waals surface area contributed by atoms with E-state index in [1.54, 1.807) is 14.2 Å². The van der Waals surface area contributed by atoms with E-state index in [2.05, 4.69) is 55.9 Å². The van der Waals surface area contributed by atoms with Crippen LogP contribution in [0.15, 0.2) is 48.5 Å². The lowest BCUT2D eigenvalue weighted by Gasteiger charge is -2.48. The second-order valence-corrected chi connectivity index (χ2v) is 9.02. The Kier molecular flexibility index (Phi) is 5.61. The number of rotatable bonds is 5. The minimum atomic E-state index is 0.0253. The van der Waals surface area contributed by atoms with Gasteiger partial charge in [-0.2, -0.15) is 0 Å². The monoisotopic (exact) mass is 433 g/mol. The van der Waals surface area contributed by atoms with Crippen LogP contribution in [-0.4, -0.2) is 65.5 Å². The zero-order valence-corrected chi connectivity index (χ0v) is 19.1. The van der Waals surface area contributed by atoms with Gasteiger partial charge in [0.25, 0.3) is 0 Å². The SMILES string of the molecule is COc1ccc(CN2CCC3(CC2)CN(C)Cc2nnc(-c4ccc(OC)cc4)n23)cc1. The molecule has 7 nitrogen and oxygen atoms in total. The Morgan fingerprint density at radius 2 is 1.50 bits per heavy atom. The summed E-state index contributed by atoms with van der Waals surface area (Å²) < 4.78 is 13.1. The van der Waals surface area contributed by atoms with Crippen molar-refractivity contribution in [2.45, 2.75) is 31.5 Å². The van der Waals surface area contributed by atoms with Gasteiger partial charge in [0.2, 0.25) is 0 Å². The highest BCUT2D eigenvalue weighted by atomic mass is 16.5. The average Bonchev–Trinajstić information content (AvgIpc) is 3.26. The number of likely N-dealkylation sites (tertiary alicyclic amines) is 1. The average molecular weight is 434 g/mol. The first-order chi connectivity index (χ1) is 15.6. The summed E-state index contributed by atoms with van der Waals surface area (Å²) >= 11 is 0. The van der Waals surface area contributed by atoms with E-state index in [9.17, 15) is 0 Å². The molecule has 0 saturated carbocycles. The molecule has 3 heterocycles. The molecule has 0 amide bonds. The number of aromatic nitrogens is 3. The fraction of sp³-hybridized carbons (Fsp3) is 0.440. The largest absolute Gasteiger partial charge is 0.497 e. The predicted molar refractivity (Wildman–Crippen MR) is 124 cm³/mol. The smallest absolute Gasteiger partial charge is 0.164 e. The Balaban J connectivity index is 1.38. The zero-order valence-electron chi connectivity index (χ0n) is 19.1. The minimum absolute atomic E-state index is 0.0253. The number of piperidine rings is 1. The van der Waals surface area contributed by atoms with Gasteiger partial charge in [0.05, 0.1) is 26.3 Å². The van der Waals surface area contributed by atoms with Crippen molar-refractivity contribution in [1.82, 2.24) is 24.6 Å². The van der Waals surface area contributed by atoms with Crippen LogP contribution in [0.3, 0.4) is 0 Å². The Bertz CT molecular complexity index is 1050. The zero-order chi connectivity index (χ0) is 22.1. The summed E-state index contributed by atoms with van der Waals surface area (Å²) in [6.45, 7) is 4.94. The molecule has 2 aromatic carbocycles. The van der Waals surface area contributed by atoms with Crippen molar-refractivity contribution in [2.75, 3.05) is 40.9 Å². The van der Waals surface area contributed by atoms with E-state index in [1.165, 1.54) is 5.56 Å². The quantitative estimate of drug-likeness (QED) is 0.615. The molecule has 2 aliphatic heterocycles. The van der Waals surface area contributed by atoms with Crippen molar-refractivity contribution in [3.63, 3.8) is 0 Å². The molecule has 0 atom stereocenters. The van der Waals surface area contributed by atoms with Gasteiger partial charge < -0.3 is 14.0 Å². The highest BCUT2D eigenvalue weighted by molar-refractivity contribution is 5.57. The van der Waals surface area contributed by atoms with Crippen molar-refractivity contribution < 1.29 is 9.47 Å². The fourth-order valence-electron chi connectivity index (χ4n) is 5.21. The van der Waals surface area contributed by atoms with Crippen molar-refractivity contribution in [1.29, 1.82) is 0 Å². The Labute approximate surface area is 189 Å². The number of likely N-dealkylation sites (N-methyl/N-ethyl adjacent to an activating group) is 1. The third-order valence-corrected chi connectivity index (χ3v) is 6.88. The summed E-state index contributed by atoms with van der Waals surface area (Å²) in [5, 5.41) is 9.22. The molecular weight excluding hydrogens is 402 g/mol. The summed E-state index contributed by atoms with van der Waals surface area (Å²) in [5.41, 5.74) is 2.44. The standard InChI is InChI=1S/C25H31N5O2/c1-28-17-23-26-27-24(20-6-10-22(32-3)11-7-20)30(23)25(18-28)12-14-29(15-13-25)16-19-4-8-21(31-2)9-5-19/h4-11H,12-18H2,1-3H3. The van der Waals surface area contributed by atoms with Crippen LogP contribution >= 0.6 is 0 Å². The van der Waals surface area contributed by atoms with E-state index in [0.29, 0.717) is 0 Å². The number of ether oxygens (including phenoxy) is 2. The van der Waals surface area contributed by atoms with Gasteiger partial charge in [-0.05, 0) is 61.9 Å². The van der Waals surface area contributed by atoms with Crippen LogP contribution in [0.2, 0.25) is 0 Å². The lowest BCUT2D eigenvalue weighted by molar-refractivity contribution is 0.0490. The molecule has 0 bridgehead atoms. The summed E-state index contributed by atoms with van der Waals surface area (Å²) in [7, 11) is 5.59. The maximum absolute atomic E-state index is 5.33. The minimum Gasteiger partial charge on any atom is -0.497 e. The van der Waals surface area contributed by atoms with Crippen LogP contribution in [0.25, 0.3) is 11.4 Å². The maximum Gasteiger partial charge on any atom is 0.164 e. The first kappa shape index (κ1) is 21.0. The predicted octanol–water partition coefficient (Wildman–Crippen LogP) is 3.40. The topological polar surface area (TPSA) is 55.6 Å². The Morgan fingerprint density at radius 3 is 2.12 bits per heavy atom. The Morgan fingerprint density at radius 1 is 0.875 bits per heavy atom. The fourth-order valence-corrected chi connectivity index (χ4v) is 5.21. The van der Waals surface area contributed by atoms with Crippen LogP contribution in [-0.2, 0) is 18.6 Å². The number of benzene rings is 2. The van der Waals surface area contributed by atoms with Crippen molar-refractivity contribution in [3.8, 4) is 22.9 Å². The number of fused-ring (bicyclic) bond motifs is 2. The van der Waals surface area contributed by atoms with E-state index >= 15 is 0 Å². The molecule has 1 saturated heterocycles. The summed E-state index contributed by atoms with van der Waals surface area (Å²) in [6.07, 6.45) is 2.17. The molecule has 7 heteroatoms. The van der Waals surface area contributed by atoms with Gasteiger partial charge in [-0.25, -0.2) is 0 Å². The molecule has 168 valence electrons. The van der Waals surface area contributed by atoms with Gasteiger partial charge in [-0.1, -0.05) is 12.1 Å². The number of hydrogen-bond donors (Lipinski definition) is 0. The second kappa shape index (κ2) is 8.56. The molecule has 2 aliphatic rings. The third-order valence-electron chi connectivity index (χ3n) is 6.88. The lowest BCUT2D eigenvalue weighted by atomic mass is 9.84. The number of nitrogens with zero attached hydrogens (tertiary/aromatic N) is 5.